The standard InChI is InChI=1S/C21H17F3O6/c22-21(23,24)30-16-8-6-15(7-9-16)27-19(25)12-1-4-14(5-2-12)28-20(26)13-3-10-17-18(11-13)29-17/h1-2,4-9,13,17-18H,3,10-11H2. The van der Waals surface area contributed by atoms with E-state index in [0.29, 0.717) is 18.3 Å². The van der Waals surface area contributed by atoms with Gasteiger partial charge in [0.2, 0.25) is 0 Å². The summed E-state index contributed by atoms with van der Waals surface area (Å²) in [5, 5.41) is 0. The largest absolute Gasteiger partial charge is 0.573 e. The van der Waals surface area contributed by atoms with Gasteiger partial charge in [-0.25, -0.2) is 4.79 Å². The van der Waals surface area contributed by atoms with Gasteiger partial charge in [0.15, 0.2) is 0 Å². The van der Waals surface area contributed by atoms with Gasteiger partial charge in [-0.3, -0.25) is 4.79 Å². The highest BCUT2D eigenvalue weighted by atomic mass is 19.4. The lowest BCUT2D eigenvalue weighted by Crippen LogP contribution is -2.25. The van der Waals surface area contributed by atoms with Crippen LogP contribution in [0.1, 0.15) is 29.6 Å². The molecule has 0 bridgehead atoms. The fourth-order valence-corrected chi connectivity index (χ4v) is 3.35. The van der Waals surface area contributed by atoms with Crippen LogP contribution < -0.4 is 14.2 Å². The molecule has 0 aromatic heterocycles. The summed E-state index contributed by atoms with van der Waals surface area (Å²) >= 11 is 0. The third-order valence-electron chi connectivity index (χ3n) is 4.91. The monoisotopic (exact) mass is 422 g/mol. The van der Waals surface area contributed by atoms with Gasteiger partial charge in [-0.1, -0.05) is 0 Å². The van der Waals surface area contributed by atoms with E-state index in [1.807, 2.05) is 0 Å². The van der Waals surface area contributed by atoms with E-state index in [0.717, 1.165) is 25.0 Å². The number of hydrogen-bond acceptors (Lipinski definition) is 6. The van der Waals surface area contributed by atoms with E-state index in [1.54, 1.807) is 0 Å². The lowest BCUT2D eigenvalue weighted by Gasteiger charge is -2.17. The number of rotatable bonds is 5. The number of benzene rings is 2. The molecule has 1 aliphatic heterocycles. The van der Waals surface area contributed by atoms with Crippen molar-refractivity contribution in [2.45, 2.75) is 37.8 Å². The van der Waals surface area contributed by atoms with Crippen LogP contribution in [0.4, 0.5) is 13.2 Å². The highest BCUT2D eigenvalue weighted by Gasteiger charge is 2.46. The summed E-state index contributed by atoms with van der Waals surface area (Å²) in [7, 11) is 0. The van der Waals surface area contributed by atoms with Crippen molar-refractivity contribution in [2.24, 2.45) is 5.92 Å². The fourth-order valence-electron chi connectivity index (χ4n) is 3.35. The number of ether oxygens (including phenoxy) is 4. The molecule has 0 radical (unpaired) electrons. The molecule has 2 fully saturated rings. The van der Waals surface area contributed by atoms with Crippen molar-refractivity contribution in [3.63, 3.8) is 0 Å². The van der Waals surface area contributed by atoms with E-state index in [-0.39, 0.29) is 29.3 Å². The topological polar surface area (TPSA) is 74.4 Å². The van der Waals surface area contributed by atoms with Crippen molar-refractivity contribution < 1.29 is 41.7 Å². The van der Waals surface area contributed by atoms with Gasteiger partial charge in [0.1, 0.15) is 17.2 Å². The number of esters is 2. The molecule has 9 heteroatoms. The highest BCUT2D eigenvalue weighted by molar-refractivity contribution is 5.91. The van der Waals surface area contributed by atoms with E-state index >= 15 is 0 Å². The van der Waals surface area contributed by atoms with Crippen LogP contribution in [-0.4, -0.2) is 30.5 Å². The van der Waals surface area contributed by atoms with E-state index < -0.39 is 18.1 Å². The van der Waals surface area contributed by atoms with E-state index in [2.05, 4.69) is 4.74 Å². The van der Waals surface area contributed by atoms with Crippen LogP contribution in [0.15, 0.2) is 48.5 Å². The minimum absolute atomic E-state index is 0.0583. The Labute approximate surface area is 169 Å². The molecule has 6 nitrogen and oxygen atoms in total. The number of carbonyl (C=O) groups is 2. The van der Waals surface area contributed by atoms with Gasteiger partial charge in [0, 0.05) is 0 Å². The number of hydrogen-bond donors (Lipinski definition) is 0. The molecule has 3 atom stereocenters. The molecule has 0 N–H and O–H groups in total. The van der Waals surface area contributed by atoms with Crippen LogP contribution in [-0.2, 0) is 9.53 Å². The maximum Gasteiger partial charge on any atom is 0.573 e. The quantitative estimate of drug-likeness (QED) is 0.407. The summed E-state index contributed by atoms with van der Waals surface area (Å²) in [6.45, 7) is 0. The Morgan fingerprint density at radius 3 is 2.07 bits per heavy atom. The summed E-state index contributed by atoms with van der Waals surface area (Å²) in [6.07, 6.45) is -2.07. The van der Waals surface area contributed by atoms with E-state index in [4.69, 9.17) is 14.2 Å². The Balaban J connectivity index is 1.31. The first kappa shape index (κ1) is 20.2. The zero-order chi connectivity index (χ0) is 21.3. The Hall–Kier alpha value is -3.07. The SMILES string of the molecule is O=C(Oc1ccc(OC(F)(F)F)cc1)c1ccc(OC(=O)C2CCC3OC3C2)cc1. The molecule has 4 rings (SSSR count). The third kappa shape index (κ3) is 5.10. The second kappa shape index (κ2) is 7.98. The molecule has 0 spiro atoms. The Bertz CT molecular complexity index is 923. The molecule has 1 saturated heterocycles. The Morgan fingerprint density at radius 2 is 1.43 bits per heavy atom. The summed E-state index contributed by atoms with van der Waals surface area (Å²) < 4.78 is 56.2. The smallest absolute Gasteiger partial charge is 0.426 e. The highest BCUT2D eigenvalue weighted by Crippen LogP contribution is 2.39. The molecule has 3 unspecified atom stereocenters. The number of halogens is 3. The maximum absolute atomic E-state index is 12.3. The van der Waals surface area contributed by atoms with E-state index in [9.17, 15) is 22.8 Å². The molecule has 1 heterocycles. The van der Waals surface area contributed by atoms with Gasteiger partial charge in [-0.15, -0.1) is 13.2 Å². The van der Waals surface area contributed by atoms with Crippen LogP contribution in [0.2, 0.25) is 0 Å². The second-order valence-corrected chi connectivity index (χ2v) is 7.08. The fraction of sp³-hybridized carbons (Fsp3) is 0.333. The number of alkyl halides is 3. The predicted octanol–water partition coefficient (Wildman–Crippen LogP) is 4.28. The van der Waals surface area contributed by atoms with Gasteiger partial charge in [0.05, 0.1) is 23.7 Å². The lowest BCUT2D eigenvalue weighted by molar-refractivity contribution is -0.274. The molecule has 2 aliphatic rings. The van der Waals surface area contributed by atoms with Gasteiger partial charge in [0.25, 0.3) is 0 Å². The van der Waals surface area contributed by atoms with Gasteiger partial charge >= 0.3 is 18.3 Å². The van der Waals surface area contributed by atoms with Crippen LogP contribution >= 0.6 is 0 Å². The zero-order valence-corrected chi connectivity index (χ0v) is 15.6. The predicted molar refractivity (Wildman–Crippen MR) is 96.2 cm³/mol. The molecular formula is C21H17F3O6. The third-order valence-corrected chi connectivity index (χ3v) is 4.91. The minimum atomic E-state index is -4.80. The van der Waals surface area contributed by atoms with Crippen molar-refractivity contribution in [3.8, 4) is 17.2 Å². The molecule has 1 aliphatic carbocycles. The average Bonchev–Trinajstić information content (AvgIpc) is 3.47. The molecule has 158 valence electrons. The van der Waals surface area contributed by atoms with Gasteiger partial charge in [-0.05, 0) is 67.8 Å². The molecule has 30 heavy (non-hydrogen) atoms. The normalized spacial score (nSPS) is 22.6. The van der Waals surface area contributed by atoms with Crippen LogP contribution in [0.5, 0.6) is 17.2 Å². The summed E-state index contributed by atoms with van der Waals surface area (Å²) in [4.78, 5) is 24.5. The summed E-state index contributed by atoms with van der Waals surface area (Å²) in [6, 6.07) is 10.3. The molecule has 2 aromatic rings. The van der Waals surface area contributed by atoms with Gasteiger partial charge < -0.3 is 18.9 Å². The minimum Gasteiger partial charge on any atom is -0.426 e. The Kier molecular flexibility index (Phi) is 5.38. The molecular weight excluding hydrogens is 405 g/mol. The van der Waals surface area contributed by atoms with Crippen molar-refractivity contribution in [1.82, 2.24) is 0 Å². The first-order valence-electron chi connectivity index (χ1n) is 9.32. The Morgan fingerprint density at radius 1 is 0.833 bits per heavy atom. The first-order valence-corrected chi connectivity index (χ1v) is 9.32. The molecule has 1 saturated carbocycles. The van der Waals surface area contributed by atoms with Crippen molar-refractivity contribution >= 4 is 11.9 Å². The summed E-state index contributed by atoms with van der Waals surface area (Å²) in [5.41, 5.74) is 0.192. The van der Waals surface area contributed by atoms with Gasteiger partial charge in [-0.2, -0.15) is 0 Å². The molecule has 2 aromatic carbocycles. The number of epoxide rings is 1. The number of fused-ring (bicyclic) bond motifs is 1. The average molecular weight is 422 g/mol. The lowest BCUT2D eigenvalue weighted by atomic mass is 9.89. The van der Waals surface area contributed by atoms with Crippen molar-refractivity contribution in [3.05, 3.63) is 54.1 Å². The summed E-state index contributed by atoms with van der Waals surface area (Å²) in [5.74, 6) is -1.27. The van der Waals surface area contributed by atoms with Crippen LogP contribution in [0.3, 0.4) is 0 Å². The van der Waals surface area contributed by atoms with Crippen molar-refractivity contribution in [2.75, 3.05) is 0 Å². The maximum atomic E-state index is 12.3. The van der Waals surface area contributed by atoms with Crippen molar-refractivity contribution in [1.29, 1.82) is 0 Å². The molecule has 0 amide bonds. The van der Waals surface area contributed by atoms with E-state index in [1.165, 1.54) is 36.4 Å². The number of carbonyl (C=O) groups excluding carboxylic acids is 2. The first-order chi connectivity index (χ1) is 14.3. The van der Waals surface area contributed by atoms with Crippen LogP contribution in [0.25, 0.3) is 0 Å². The zero-order valence-electron chi connectivity index (χ0n) is 15.6. The second-order valence-electron chi connectivity index (χ2n) is 7.08. The van der Waals surface area contributed by atoms with Crippen LogP contribution in [0, 0.1) is 5.92 Å².